The molecule has 2 aromatic rings. The smallest absolute Gasteiger partial charge is 0.258 e. The number of fused-ring (bicyclic) bond motifs is 1. The Morgan fingerprint density at radius 1 is 1.25 bits per heavy atom. The maximum Gasteiger partial charge on any atom is 0.258 e. The van der Waals surface area contributed by atoms with Crippen LogP contribution in [0.2, 0.25) is 0 Å². The number of rotatable bonds is 6. The minimum Gasteiger partial charge on any atom is -0.475 e. The molecule has 1 aromatic heterocycles. The molecule has 2 saturated heterocycles. The molecule has 0 radical (unpaired) electrons. The van der Waals surface area contributed by atoms with Gasteiger partial charge in [0.15, 0.2) is 5.82 Å². The van der Waals surface area contributed by atoms with E-state index in [4.69, 9.17) is 14.5 Å². The van der Waals surface area contributed by atoms with E-state index >= 15 is 0 Å². The summed E-state index contributed by atoms with van der Waals surface area (Å²) in [5, 5.41) is 3.08. The fraction of sp³-hybridized carbons (Fsp3) is 0.571. The van der Waals surface area contributed by atoms with Gasteiger partial charge in [0.25, 0.3) is 5.88 Å². The third kappa shape index (κ3) is 4.19. The van der Waals surface area contributed by atoms with Crippen LogP contribution in [0.25, 0.3) is 11.0 Å². The number of ether oxygens (including phenoxy) is 2. The van der Waals surface area contributed by atoms with Gasteiger partial charge < -0.3 is 19.7 Å². The first-order valence-electron chi connectivity index (χ1n) is 10.3. The number of nitrogens with zero attached hydrogens (tertiary/aromatic N) is 3. The quantitative estimate of drug-likeness (QED) is 0.825. The van der Waals surface area contributed by atoms with E-state index in [2.05, 4.69) is 15.2 Å². The van der Waals surface area contributed by atoms with E-state index in [9.17, 15) is 4.79 Å². The van der Waals surface area contributed by atoms with E-state index in [1.807, 2.05) is 31.2 Å². The zero-order chi connectivity index (χ0) is 19.3. The molecule has 4 rings (SSSR count). The number of carbonyl (C=O) groups is 1. The van der Waals surface area contributed by atoms with Gasteiger partial charge in [0.05, 0.1) is 29.7 Å². The van der Waals surface area contributed by atoms with E-state index < -0.39 is 0 Å². The first-order chi connectivity index (χ1) is 13.7. The van der Waals surface area contributed by atoms with Crippen LogP contribution in [0.5, 0.6) is 5.88 Å². The Labute approximate surface area is 165 Å². The fourth-order valence-electron chi connectivity index (χ4n) is 3.96. The Morgan fingerprint density at radius 3 is 2.82 bits per heavy atom. The molecule has 1 aromatic carbocycles. The third-order valence-electron chi connectivity index (χ3n) is 5.42. The van der Waals surface area contributed by atoms with Gasteiger partial charge >= 0.3 is 0 Å². The van der Waals surface area contributed by atoms with Crippen LogP contribution >= 0.6 is 0 Å². The van der Waals surface area contributed by atoms with Gasteiger partial charge in [-0.05, 0) is 44.7 Å². The molecule has 7 nitrogen and oxygen atoms in total. The van der Waals surface area contributed by atoms with E-state index in [0.717, 1.165) is 55.7 Å². The normalized spacial score (nSPS) is 22.4. The second kappa shape index (κ2) is 8.73. The van der Waals surface area contributed by atoms with Gasteiger partial charge in [-0.2, -0.15) is 0 Å². The molecule has 2 aliphatic heterocycles. The second-order valence-corrected chi connectivity index (χ2v) is 7.44. The number of carbonyl (C=O) groups excluding carboxylic acids is 1. The van der Waals surface area contributed by atoms with Crippen LogP contribution in [0.1, 0.15) is 32.6 Å². The summed E-state index contributed by atoms with van der Waals surface area (Å²) in [6.07, 6.45) is 4.11. The largest absolute Gasteiger partial charge is 0.475 e. The lowest BCUT2D eigenvalue weighted by Gasteiger charge is -2.33. The summed E-state index contributed by atoms with van der Waals surface area (Å²) in [6, 6.07) is 7.80. The molecule has 7 heteroatoms. The fourth-order valence-corrected chi connectivity index (χ4v) is 3.96. The lowest BCUT2D eigenvalue weighted by Crippen LogP contribution is -2.45. The zero-order valence-corrected chi connectivity index (χ0v) is 16.4. The van der Waals surface area contributed by atoms with Crippen molar-refractivity contribution in [2.24, 2.45) is 5.92 Å². The number of hydrogen-bond acceptors (Lipinski definition) is 6. The summed E-state index contributed by atoms with van der Waals surface area (Å²) in [5.74, 6) is 1.32. The van der Waals surface area contributed by atoms with Crippen LogP contribution in [0.3, 0.4) is 0 Å². The lowest BCUT2D eigenvalue weighted by atomic mass is 9.97. The highest BCUT2D eigenvalue weighted by atomic mass is 16.5. The van der Waals surface area contributed by atoms with Gasteiger partial charge in [-0.1, -0.05) is 12.1 Å². The minimum atomic E-state index is -0.0575. The first-order valence-corrected chi connectivity index (χ1v) is 10.3. The molecule has 0 saturated carbocycles. The van der Waals surface area contributed by atoms with Crippen LogP contribution in [0.15, 0.2) is 24.3 Å². The molecule has 28 heavy (non-hydrogen) atoms. The Hall–Kier alpha value is -2.41. The van der Waals surface area contributed by atoms with E-state index in [1.165, 1.54) is 0 Å². The topological polar surface area (TPSA) is 76.6 Å². The monoisotopic (exact) mass is 384 g/mol. The summed E-state index contributed by atoms with van der Waals surface area (Å²) in [6.45, 7) is 5.36. The number of piperidine rings is 1. The minimum absolute atomic E-state index is 0.0575. The van der Waals surface area contributed by atoms with E-state index in [-0.39, 0.29) is 17.9 Å². The summed E-state index contributed by atoms with van der Waals surface area (Å²) in [5.41, 5.74) is 1.66. The first kappa shape index (κ1) is 18.9. The van der Waals surface area contributed by atoms with Crippen LogP contribution in [-0.4, -0.2) is 54.8 Å². The lowest BCUT2D eigenvalue weighted by molar-refractivity contribution is -0.125. The molecule has 2 aliphatic rings. The van der Waals surface area contributed by atoms with Crippen molar-refractivity contribution in [3.8, 4) is 5.88 Å². The Morgan fingerprint density at radius 2 is 2.07 bits per heavy atom. The van der Waals surface area contributed by atoms with Gasteiger partial charge in [0.1, 0.15) is 0 Å². The van der Waals surface area contributed by atoms with Crippen LogP contribution in [-0.2, 0) is 9.53 Å². The van der Waals surface area contributed by atoms with Crippen molar-refractivity contribution in [3.05, 3.63) is 24.3 Å². The molecule has 2 fully saturated rings. The molecule has 0 bridgehead atoms. The van der Waals surface area contributed by atoms with Crippen molar-refractivity contribution in [2.75, 3.05) is 37.7 Å². The molecule has 3 heterocycles. The van der Waals surface area contributed by atoms with Crippen molar-refractivity contribution in [1.82, 2.24) is 15.3 Å². The van der Waals surface area contributed by atoms with Crippen molar-refractivity contribution in [3.63, 3.8) is 0 Å². The number of aromatic nitrogens is 2. The predicted molar refractivity (Wildman–Crippen MR) is 108 cm³/mol. The Balaban J connectivity index is 1.48. The predicted octanol–water partition coefficient (Wildman–Crippen LogP) is 2.54. The highest BCUT2D eigenvalue weighted by Crippen LogP contribution is 2.30. The summed E-state index contributed by atoms with van der Waals surface area (Å²) in [7, 11) is 0. The molecule has 1 N–H and O–H groups in total. The number of anilines is 1. The van der Waals surface area contributed by atoms with Gasteiger partial charge in [0, 0.05) is 26.2 Å². The molecule has 2 atom stereocenters. The number of para-hydroxylation sites is 2. The second-order valence-electron chi connectivity index (χ2n) is 7.44. The highest BCUT2D eigenvalue weighted by molar-refractivity contribution is 5.80. The highest BCUT2D eigenvalue weighted by Gasteiger charge is 2.29. The summed E-state index contributed by atoms with van der Waals surface area (Å²) < 4.78 is 11.4. The summed E-state index contributed by atoms with van der Waals surface area (Å²) >= 11 is 0. The standard InChI is InChI=1S/C21H28N4O3/c1-2-27-21-19(23-17-9-3-4-10-18(17)24-21)25-11-5-7-15(14-25)20(26)22-13-16-8-6-12-28-16/h3-4,9-10,15-16H,2,5-8,11-14H2,1H3,(H,22,26). The number of amides is 1. The maximum atomic E-state index is 12.7. The average Bonchev–Trinajstić information content (AvgIpc) is 3.25. The Bertz CT molecular complexity index is 822. The van der Waals surface area contributed by atoms with Gasteiger partial charge in [-0.15, -0.1) is 0 Å². The zero-order valence-electron chi connectivity index (χ0n) is 16.4. The SMILES string of the molecule is CCOc1nc2ccccc2nc1N1CCCC(C(=O)NCC2CCCO2)C1. The van der Waals surface area contributed by atoms with Crippen molar-refractivity contribution < 1.29 is 14.3 Å². The van der Waals surface area contributed by atoms with Crippen LogP contribution in [0.4, 0.5) is 5.82 Å². The molecule has 0 aliphatic carbocycles. The molecule has 150 valence electrons. The van der Waals surface area contributed by atoms with Crippen molar-refractivity contribution in [1.29, 1.82) is 0 Å². The summed E-state index contributed by atoms with van der Waals surface area (Å²) in [4.78, 5) is 24.3. The molecular formula is C21H28N4O3. The van der Waals surface area contributed by atoms with Crippen LogP contribution < -0.4 is 15.0 Å². The molecule has 2 unspecified atom stereocenters. The van der Waals surface area contributed by atoms with Gasteiger partial charge in [0.2, 0.25) is 5.91 Å². The van der Waals surface area contributed by atoms with E-state index in [0.29, 0.717) is 25.6 Å². The number of nitrogens with one attached hydrogen (secondary N) is 1. The average molecular weight is 384 g/mol. The molecule has 0 spiro atoms. The number of benzene rings is 1. The van der Waals surface area contributed by atoms with Crippen molar-refractivity contribution >= 4 is 22.8 Å². The van der Waals surface area contributed by atoms with E-state index in [1.54, 1.807) is 0 Å². The molecular weight excluding hydrogens is 356 g/mol. The Kier molecular flexibility index (Phi) is 5.90. The van der Waals surface area contributed by atoms with Gasteiger partial charge in [-0.3, -0.25) is 4.79 Å². The van der Waals surface area contributed by atoms with Crippen molar-refractivity contribution in [2.45, 2.75) is 38.7 Å². The van der Waals surface area contributed by atoms with Gasteiger partial charge in [-0.25, -0.2) is 9.97 Å². The van der Waals surface area contributed by atoms with Crippen LogP contribution in [0, 0.1) is 5.92 Å². The molecule has 1 amide bonds. The third-order valence-corrected chi connectivity index (χ3v) is 5.42. The number of hydrogen-bond donors (Lipinski definition) is 1. The maximum absolute atomic E-state index is 12.7.